The van der Waals surface area contributed by atoms with Gasteiger partial charge in [0.1, 0.15) is 0 Å². The van der Waals surface area contributed by atoms with Gasteiger partial charge in [0.15, 0.2) is 0 Å². The fourth-order valence-corrected chi connectivity index (χ4v) is 3.50. The minimum atomic E-state index is 0.617. The first-order valence-electron chi connectivity index (χ1n) is 6.86. The highest BCUT2D eigenvalue weighted by Gasteiger charge is 2.32. The van der Waals surface area contributed by atoms with Gasteiger partial charge in [-0.3, -0.25) is 0 Å². The molecule has 1 fully saturated rings. The maximum absolute atomic E-state index is 3.88. The van der Waals surface area contributed by atoms with Crippen LogP contribution in [0.15, 0.2) is 42.5 Å². The third-order valence-corrected chi connectivity index (χ3v) is 5.34. The smallest absolute Gasteiger partial charge is 0.0214 e. The average molecular weight is 303 g/mol. The van der Waals surface area contributed by atoms with Gasteiger partial charge in [0.25, 0.3) is 0 Å². The Hall–Kier alpha value is -0.820. The minimum Gasteiger partial charge on any atom is -0.0884 e. The van der Waals surface area contributed by atoms with Crippen molar-refractivity contribution in [3.63, 3.8) is 0 Å². The van der Waals surface area contributed by atoms with Crippen LogP contribution in [0.3, 0.4) is 0 Å². The summed E-state index contributed by atoms with van der Waals surface area (Å²) in [6.45, 7) is 2.39. The largest absolute Gasteiger partial charge is 0.0884 e. The second-order valence-corrected chi connectivity index (χ2v) is 6.77. The number of benzene rings is 2. The molecule has 18 heavy (non-hydrogen) atoms. The van der Waals surface area contributed by atoms with Crippen LogP contribution in [0.1, 0.15) is 25.3 Å². The Bertz CT molecular complexity index is 542. The second-order valence-electron chi connectivity index (χ2n) is 5.60. The molecule has 0 heterocycles. The van der Waals surface area contributed by atoms with Gasteiger partial charge in [0.2, 0.25) is 0 Å². The number of fused-ring (bicyclic) bond motifs is 1. The topological polar surface area (TPSA) is 0 Å². The van der Waals surface area contributed by atoms with E-state index in [4.69, 9.17) is 0 Å². The molecule has 0 N–H and O–H groups in total. The van der Waals surface area contributed by atoms with Crippen molar-refractivity contribution in [3.05, 3.63) is 48.0 Å². The van der Waals surface area contributed by atoms with Crippen LogP contribution in [0.2, 0.25) is 0 Å². The molecule has 1 saturated carbocycles. The van der Waals surface area contributed by atoms with Gasteiger partial charge >= 0.3 is 0 Å². The first-order chi connectivity index (χ1) is 8.74. The molecular weight excluding hydrogens is 284 g/mol. The van der Waals surface area contributed by atoms with E-state index in [0.717, 1.165) is 18.3 Å². The first kappa shape index (κ1) is 12.2. The third-order valence-electron chi connectivity index (χ3n) is 4.18. The number of hydrogen-bond acceptors (Lipinski definition) is 0. The summed E-state index contributed by atoms with van der Waals surface area (Å²) in [5.74, 6) is 1.77. The normalized spacial score (nSPS) is 18.8. The summed E-state index contributed by atoms with van der Waals surface area (Å²) in [5, 5.41) is 2.69. The van der Waals surface area contributed by atoms with Crippen LogP contribution < -0.4 is 0 Å². The Morgan fingerprint density at radius 2 is 1.83 bits per heavy atom. The molecule has 1 aliphatic rings. The van der Waals surface area contributed by atoms with E-state index in [-0.39, 0.29) is 0 Å². The molecule has 2 unspecified atom stereocenters. The fourth-order valence-electron chi connectivity index (χ4n) is 2.69. The van der Waals surface area contributed by atoms with Crippen LogP contribution in [-0.2, 0) is 6.42 Å². The summed E-state index contributed by atoms with van der Waals surface area (Å²) in [4.78, 5) is 0.617. The highest BCUT2D eigenvalue weighted by atomic mass is 79.9. The maximum Gasteiger partial charge on any atom is 0.0214 e. The van der Waals surface area contributed by atoms with Gasteiger partial charge in [-0.05, 0) is 47.4 Å². The zero-order chi connectivity index (χ0) is 12.5. The summed E-state index contributed by atoms with van der Waals surface area (Å²) in [6.07, 6.45) is 4.00. The van der Waals surface area contributed by atoms with E-state index in [2.05, 4.69) is 65.3 Å². The zero-order valence-corrected chi connectivity index (χ0v) is 12.4. The van der Waals surface area contributed by atoms with Crippen molar-refractivity contribution in [2.24, 2.45) is 11.8 Å². The Morgan fingerprint density at radius 3 is 2.56 bits per heavy atom. The number of halogens is 1. The lowest BCUT2D eigenvalue weighted by Crippen LogP contribution is -2.15. The van der Waals surface area contributed by atoms with E-state index in [1.165, 1.54) is 29.2 Å². The lowest BCUT2D eigenvalue weighted by Gasteiger charge is -2.18. The molecule has 0 aliphatic heterocycles. The quantitative estimate of drug-likeness (QED) is 0.682. The van der Waals surface area contributed by atoms with Crippen molar-refractivity contribution in [1.29, 1.82) is 0 Å². The number of alkyl halides is 1. The number of hydrogen-bond donors (Lipinski definition) is 0. The minimum absolute atomic E-state index is 0.617. The molecule has 0 aromatic heterocycles. The van der Waals surface area contributed by atoms with Crippen LogP contribution in [0.4, 0.5) is 0 Å². The average Bonchev–Trinajstić information content (AvgIpc) is 3.22. The lowest BCUT2D eigenvalue weighted by atomic mass is 9.96. The summed E-state index contributed by atoms with van der Waals surface area (Å²) in [7, 11) is 0. The van der Waals surface area contributed by atoms with Crippen LogP contribution in [-0.4, -0.2) is 4.83 Å². The zero-order valence-electron chi connectivity index (χ0n) is 10.8. The molecule has 0 bridgehead atoms. The van der Waals surface area contributed by atoms with Gasteiger partial charge in [-0.25, -0.2) is 0 Å². The molecule has 1 aliphatic carbocycles. The van der Waals surface area contributed by atoms with Crippen LogP contribution >= 0.6 is 15.9 Å². The van der Waals surface area contributed by atoms with Crippen molar-refractivity contribution in [1.82, 2.24) is 0 Å². The van der Waals surface area contributed by atoms with Gasteiger partial charge in [-0.2, -0.15) is 0 Å². The molecule has 0 amide bonds. The molecule has 2 aromatic rings. The highest BCUT2D eigenvalue weighted by Crippen LogP contribution is 2.41. The summed E-state index contributed by atoms with van der Waals surface area (Å²) in [5.41, 5.74) is 1.45. The SMILES string of the molecule is CC(C(Br)Cc1ccc2ccccc2c1)C1CC1. The maximum atomic E-state index is 3.88. The van der Waals surface area contributed by atoms with E-state index >= 15 is 0 Å². The van der Waals surface area contributed by atoms with Crippen molar-refractivity contribution < 1.29 is 0 Å². The Kier molecular flexibility index (Phi) is 3.43. The van der Waals surface area contributed by atoms with Crippen LogP contribution in [0, 0.1) is 11.8 Å². The predicted octanol–water partition coefficient (Wildman–Crippen LogP) is 5.19. The molecule has 0 saturated heterocycles. The van der Waals surface area contributed by atoms with E-state index in [1.807, 2.05) is 0 Å². The van der Waals surface area contributed by atoms with Gasteiger partial charge in [-0.15, -0.1) is 0 Å². The second kappa shape index (κ2) is 5.05. The van der Waals surface area contributed by atoms with Gasteiger partial charge < -0.3 is 0 Å². The van der Waals surface area contributed by atoms with Crippen molar-refractivity contribution in [3.8, 4) is 0 Å². The molecule has 2 atom stereocenters. The molecule has 1 heteroatoms. The molecule has 2 aromatic carbocycles. The monoisotopic (exact) mass is 302 g/mol. The molecular formula is C17H19Br. The summed E-state index contributed by atoms with van der Waals surface area (Å²) in [6, 6.07) is 15.4. The van der Waals surface area contributed by atoms with Gasteiger partial charge in [-0.1, -0.05) is 65.3 Å². The highest BCUT2D eigenvalue weighted by molar-refractivity contribution is 9.09. The van der Waals surface area contributed by atoms with E-state index in [1.54, 1.807) is 0 Å². The van der Waals surface area contributed by atoms with E-state index < -0.39 is 0 Å². The fraction of sp³-hybridized carbons (Fsp3) is 0.412. The van der Waals surface area contributed by atoms with Gasteiger partial charge in [0.05, 0.1) is 0 Å². The lowest BCUT2D eigenvalue weighted by molar-refractivity contribution is 0.490. The van der Waals surface area contributed by atoms with Crippen molar-refractivity contribution in [2.75, 3.05) is 0 Å². The predicted molar refractivity (Wildman–Crippen MR) is 82.3 cm³/mol. The molecule has 3 rings (SSSR count). The molecule has 0 spiro atoms. The van der Waals surface area contributed by atoms with E-state index in [0.29, 0.717) is 4.83 Å². The Morgan fingerprint density at radius 1 is 1.11 bits per heavy atom. The molecule has 0 nitrogen and oxygen atoms in total. The Balaban J connectivity index is 1.77. The third kappa shape index (κ3) is 2.61. The van der Waals surface area contributed by atoms with Crippen LogP contribution in [0.25, 0.3) is 10.8 Å². The van der Waals surface area contributed by atoms with Crippen molar-refractivity contribution in [2.45, 2.75) is 31.0 Å². The van der Waals surface area contributed by atoms with E-state index in [9.17, 15) is 0 Å². The summed E-state index contributed by atoms with van der Waals surface area (Å²) < 4.78 is 0. The Labute approximate surface area is 118 Å². The van der Waals surface area contributed by atoms with Gasteiger partial charge in [0, 0.05) is 4.83 Å². The first-order valence-corrected chi connectivity index (χ1v) is 7.77. The van der Waals surface area contributed by atoms with Crippen molar-refractivity contribution >= 4 is 26.7 Å². The van der Waals surface area contributed by atoms with Crippen LogP contribution in [0.5, 0.6) is 0 Å². The standard InChI is InChI=1S/C17H19Br/c1-12(14-8-9-14)17(18)11-13-6-7-15-4-2-3-5-16(15)10-13/h2-7,10,12,14,17H,8-9,11H2,1H3. The number of rotatable bonds is 4. The molecule has 0 radical (unpaired) electrons. The molecule has 94 valence electrons. The summed E-state index contributed by atoms with van der Waals surface area (Å²) >= 11 is 3.88.